The van der Waals surface area contributed by atoms with Crippen molar-refractivity contribution in [2.45, 2.75) is 4.94 Å². The number of hydrogen-bond acceptors (Lipinski definition) is 3. The number of aliphatic hydroxyl groups is 2. The molecule has 0 heterocycles. The van der Waals surface area contributed by atoms with E-state index in [1.807, 2.05) is 0 Å². The van der Waals surface area contributed by atoms with Gasteiger partial charge in [0.05, 0.1) is 13.2 Å². The van der Waals surface area contributed by atoms with Crippen molar-refractivity contribution in [2.75, 3.05) is 26.3 Å². The van der Waals surface area contributed by atoms with Crippen LogP contribution < -0.4 is 5.32 Å². The van der Waals surface area contributed by atoms with Gasteiger partial charge >= 0.3 is 33.9 Å². The summed E-state index contributed by atoms with van der Waals surface area (Å²) in [5.41, 5.74) is 0. The van der Waals surface area contributed by atoms with Gasteiger partial charge in [-0.25, -0.2) is 0 Å². The van der Waals surface area contributed by atoms with E-state index in [1.54, 1.807) is 0 Å². The van der Waals surface area contributed by atoms with Crippen LogP contribution in [0.2, 0.25) is 4.94 Å². The minimum absolute atomic E-state index is 0.139. The normalized spacial score (nSPS) is 8.40. The topological polar surface area (TPSA) is 52.5 Å². The second-order valence-corrected chi connectivity index (χ2v) is 5.00. The Morgan fingerprint density at radius 2 is 1.60 bits per heavy atom. The van der Waals surface area contributed by atoms with Gasteiger partial charge in [-0.05, 0) is 0 Å². The third-order valence-corrected chi connectivity index (χ3v) is 0.577. The molecule has 0 amide bonds. The molecule has 2 radical (unpaired) electrons. The van der Waals surface area contributed by atoms with Crippen LogP contribution in [-0.2, 0) is 0 Å². The van der Waals surface area contributed by atoms with E-state index in [9.17, 15) is 0 Å². The number of nitrogens with one attached hydrogen (secondary N) is 1. The van der Waals surface area contributed by atoms with E-state index in [0.29, 0.717) is 13.1 Å². The second-order valence-electron chi connectivity index (χ2n) is 1.39. The first-order valence-corrected chi connectivity index (χ1v) is 9.50. The summed E-state index contributed by atoms with van der Waals surface area (Å²) in [5, 5.41) is 19.1. The summed E-state index contributed by atoms with van der Waals surface area (Å²) in [6.45, 7) is 1.42. The van der Waals surface area contributed by atoms with Gasteiger partial charge in [0.15, 0.2) is 0 Å². The van der Waals surface area contributed by atoms with Crippen molar-refractivity contribution in [3.8, 4) is 0 Å². The van der Waals surface area contributed by atoms with Crippen LogP contribution in [0, 0.1) is 0 Å². The van der Waals surface area contributed by atoms with Gasteiger partial charge in [-0.2, -0.15) is 0 Å². The van der Waals surface area contributed by atoms with Crippen LogP contribution in [0.3, 0.4) is 0 Å². The van der Waals surface area contributed by atoms with E-state index < -0.39 is 0 Å². The van der Waals surface area contributed by atoms with Gasteiger partial charge in [0.25, 0.3) is 0 Å². The average Bonchev–Trinajstić information content (AvgIpc) is 1.91. The SMILES string of the molecule is OCCNCCO.[CH3][Sn][Cl]. The molecule has 5 heteroatoms. The third-order valence-electron chi connectivity index (χ3n) is 0.577. The van der Waals surface area contributed by atoms with Crippen LogP contribution in [0.4, 0.5) is 0 Å². The van der Waals surface area contributed by atoms with Crippen molar-refractivity contribution >= 4 is 28.9 Å². The molecule has 0 unspecified atom stereocenters. The zero-order valence-electron chi connectivity index (χ0n) is 6.10. The van der Waals surface area contributed by atoms with Gasteiger partial charge in [-0.1, -0.05) is 0 Å². The van der Waals surface area contributed by atoms with Crippen molar-refractivity contribution < 1.29 is 10.2 Å². The molecule has 0 spiro atoms. The summed E-state index contributed by atoms with van der Waals surface area (Å²) in [6.07, 6.45) is 0. The van der Waals surface area contributed by atoms with Crippen molar-refractivity contribution in [1.29, 1.82) is 0 Å². The molecule has 0 fully saturated rings. The Labute approximate surface area is 75.7 Å². The number of aliphatic hydroxyl groups excluding tert-OH is 2. The van der Waals surface area contributed by atoms with E-state index in [4.69, 9.17) is 19.1 Å². The average molecular weight is 274 g/mol. The predicted octanol–water partition coefficient (Wildman–Crippen LogP) is -0.547. The van der Waals surface area contributed by atoms with Gasteiger partial charge in [-0.3, -0.25) is 0 Å². The summed E-state index contributed by atoms with van der Waals surface area (Å²) >= 11 is -0.298. The molecular weight excluding hydrogens is 260 g/mol. The molecular formula is C5H14ClNO2Sn. The molecule has 0 aromatic heterocycles. The van der Waals surface area contributed by atoms with Crippen molar-refractivity contribution in [1.82, 2.24) is 5.32 Å². The Balaban J connectivity index is 0. The molecule has 3 N–H and O–H groups in total. The van der Waals surface area contributed by atoms with Gasteiger partial charge in [0, 0.05) is 13.1 Å². The molecule has 0 atom stereocenters. The van der Waals surface area contributed by atoms with E-state index in [2.05, 4.69) is 10.3 Å². The van der Waals surface area contributed by atoms with Crippen LogP contribution in [-0.4, -0.2) is 56.5 Å². The number of rotatable bonds is 4. The van der Waals surface area contributed by atoms with Crippen molar-refractivity contribution in [3.63, 3.8) is 0 Å². The number of hydrogen-bond donors (Lipinski definition) is 3. The predicted molar refractivity (Wildman–Crippen MR) is 44.5 cm³/mol. The molecule has 0 aliphatic carbocycles. The number of halogens is 1. The van der Waals surface area contributed by atoms with E-state index in [1.165, 1.54) is 0 Å². The fourth-order valence-corrected chi connectivity index (χ4v) is 0.283. The van der Waals surface area contributed by atoms with Crippen molar-refractivity contribution in [2.24, 2.45) is 0 Å². The molecule has 62 valence electrons. The first-order valence-electron chi connectivity index (χ1n) is 3.03. The maximum atomic E-state index is 8.15. The summed E-state index contributed by atoms with van der Waals surface area (Å²) in [7, 11) is 5.17. The molecule has 0 saturated carbocycles. The zero-order valence-corrected chi connectivity index (χ0v) is 9.71. The standard InChI is InChI=1S/C4H11NO2.CH3.ClH.Sn/c6-3-1-5-2-4-7;;;/h5-7H,1-4H2;1H3;1H;/q;;;+1/p-1. The van der Waals surface area contributed by atoms with Crippen LogP contribution in [0.1, 0.15) is 0 Å². The first kappa shape index (κ1) is 13.6. The van der Waals surface area contributed by atoms with Crippen LogP contribution >= 0.6 is 8.92 Å². The van der Waals surface area contributed by atoms with Gasteiger partial charge in [0.1, 0.15) is 0 Å². The summed E-state index contributed by atoms with van der Waals surface area (Å²) in [4.78, 5) is 2.06. The molecule has 0 rings (SSSR count). The monoisotopic (exact) mass is 275 g/mol. The summed E-state index contributed by atoms with van der Waals surface area (Å²) < 4.78 is 0. The Morgan fingerprint density at radius 1 is 1.30 bits per heavy atom. The van der Waals surface area contributed by atoms with Gasteiger partial charge in [-0.15, -0.1) is 0 Å². The molecule has 0 aliphatic rings. The quantitative estimate of drug-likeness (QED) is 0.476. The molecule has 3 nitrogen and oxygen atoms in total. The molecule has 0 saturated heterocycles. The van der Waals surface area contributed by atoms with Crippen LogP contribution in [0.25, 0.3) is 0 Å². The van der Waals surface area contributed by atoms with Gasteiger partial charge < -0.3 is 15.5 Å². The Hall–Kier alpha value is 0.969. The first-order chi connectivity index (χ1) is 4.83. The molecule has 10 heavy (non-hydrogen) atoms. The summed E-state index contributed by atoms with van der Waals surface area (Å²) in [6, 6.07) is 0. The van der Waals surface area contributed by atoms with E-state index >= 15 is 0 Å². The Bertz CT molecular complexity index is 46.6. The van der Waals surface area contributed by atoms with Crippen molar-refractivity contribution in [3.05, 3.63) is 0 Å². The van der Waals surface area contributed by atoms with E-state index in [-0.39, 0.29) is 33.2 Å². The Kier molecular flexibility index (Phi) is 22.4. The molecule has 0 bridgehead atoms. The maximum absolute atomic E-state index is 8.15. The fraction of sp³-hybridized carbons (Fsp3) is 1.00. The van der Waals surface area contributed by atoms with Crippen LogP contribution in [0.5, 0.6) is 0 Å². The molecule has 0 aliphatic heterocycles. The van der Waals surface area contributed by atoms with E-state index in [0.717, 1.165) is 0 Å². The molecule has 0 aromatic rings. The third kappa shape index (κ3) is 23.1. The minimum atomic E-state index is -0.298. The van der Waals surface area contributed by atoms with Gasteiger partial charge in [0.2, 0.25) is 0 Å². The summed E-state index contributed by atoms with van der Waals surface area (Å²) in [5.74, 6) is 0. The van der Waals surface area contributed by atoms with Crippen LogP contribution in [0.15, 0.2) is 0 Å². The second kappa shape index (κ2) is 16.5. The molecule has 0 aromatic carbocycles. The zero-order chi connectivity index (χ0) is 8.24. The Morgan fingerprint density at radius 3 is 1.80 bits per heavy atom. The fourth-order valence-electron chi connectivity index (χ4n) is 0.283.